The molecule has 0 bridgehead atoms. The highest BCUT2D eigenvalue weighted by atomic mass is 14.9. The first-order valence-corrected chi connectivity index (χ1v) is 4.86. The fourth-order valence-corrected chi connectivity index (χ4v) is 3.28. The third kappa shape index (κ3) is 0.692. The van der Waals surface area contributed by atoms with Crippen molar-refractivity contribution in [1.82, 2.24) is 0 Å². The SMILES string of the molecule is C=NC1C2CC3CCC3CC21. The molecule has 3 rings (SSSR count). The van der Waals surface area contributed by atoms with Gasteiger partial charge in [0.1, 0.15) is 0 Å². The summed E-state index contributed by atoms with van der Waals surface area (Å²) < 4.78 is 0. The van der Waals surface area contributed by atoms with Gasteiger partial charge in [0, 0.05) is 0 Å². The van der Waals surface area contributed by atoms with Crippen molar-refractivity contribution >= 4 is 6.72 Å². The zero-order valence-corrected chi connectivity index (χ0v) is 6.87. The minimum Gasteiger partial charge on any atom is -0.297 e. The smallest absolute Gasteiger partial charge is 0.0555 e. The van der Waals surface area contributed by atoms with E-state index in [0.29, 0.717) is 6.04 Å². The van der Waals surface area contributed by atoms with Gasteiger partial charge in [-0.15, -0.1) is 0 Å². The number of hydrogen-bond donors (Lipinski definition) is 0. The molecule has 0 heterocycles. The zero-order valence-electron chi connectivity index (χ0n) is 6.87. The number of rotatable bonds is 1. The second kappa shape index (κ2) is 1.88. The van der Waals surface area contributed by atoms with Gasteiger partial charge < -0.3 is 0 Å². The summed E-state index contributed by atoms with van der Waals surface area (Å²) in [4.78, 5) is 4.19. The molecule has 0 saturated heterocycles. The van der Waals surface area contributed by atoms with Crippen LogP contribution in [0.5, 0.6) is 0 Å². The minimum absolute atomic E-state index is 0.681. The number of fused-ring (bicyclic) bond motifs is 2. The molecule has 4 unspecified atom stereocenters. The maximum absolute atomic E-state index is 4.19. The van der Waals surface area contributed by atoms with Gasteiger partial charge in [0.2, 0.25) is 0 Å². The van der Waals surface area contributed by atoms with Crippen LogP contribution in [0.2, 0.25) is 0 Å². The number of aliphatic imine (C=N–C) groups is 1. The molecule has 3 saturated carbocycles. The van der Waals surface area contributed by atoms with Gasteiger partial charge in [0.25, 0.3) is 0 Å². The Morgan fingerprint density at radius 1 is 1.00 bits per heavy atom. The Morgan fingerprint density at radius 3 is 1.91 bits per heavy atom. The van der Waals surface area contributed by atoms with Crippen LogP contribution in [-0.4, -0.2) is 12.8 Å². The molecule has 60 valence electrons. The summed E-state index contributed by atoms with van der Waals surface area (Å²) in [5, 5.41) is 0. The molecule has 0 spiro atoms. The molecule has 1 heteroatoms. The van der Waals surface area contributed by atoms with Gasteiger partial charge in [-0.05, 0) is 56.1 Å². The fraction of sp³-hybridized carbons (Fsp3) is 0.900. The van der Waals surface area contributed by atoms with E-state index in [1.165, 1.54) is 25.7 Å². The van der Waals surface area contributed by atoms with E-state index in [1.54, 1.807) is 0 Å². The molecule has 0 amide bonds. The molecule has 3 fully saturated rings. The second-order valence-corrected chi connectivity index (χ2v) is 4.57. The summed E-state index contributed by atoms with van der Waals surface area (Å²) in [6.45, 7) is 3.67. The molecule has 0 radical (unpaired) electrons. The monoisotopic (exact) mass is 149 g/mol. The topological polar surface area (TPSA) is 12.4 Å². The molecule has 0 aromatic carbocycles. The lowest BCUT2D eigenvalue weighted by molar-refractivity contribution is 0.109. The van der Waals surface area contributed by atoms with Crippen LogP contribution in [0.3, 0.4) is 0 Å². The van der Waals surface area contributed by atoms with Gasteiger partial charge in [-0.1, -0.05) is 0 Å². The van der Waals surface area contributed by atoms with Crippen LogP contribution >= 0.6 is 0 Å². The van der Waals surface area contributed by atoms with Crippen LogP contribution in [0.25, 0.3) is 0 Å². The maximum Gasteiger partial charge on any atom is 0.0555 e. The minimum atomic E-state index is 0.681. The van der Waals surface area contributed by atoms with E-state index in [4.69, 9.17) is 0 Å². The zero-order chi connectivity index (χ0) is 7.42. The van der Waals surface area contributed by atoms with Gasteiger partial charge in [0.15, 0.2) is 0 Å². The van der Waals surface area contributed by atoms with E-state index in [1.807, 2.05) is 0 Å². The Bertz CT molecular complexity index is 181. The Hall–Kier alpha value is -0.330. The first kappa shape index (κ1) is 6.22. The average Bonchev–Trinajstić information content (AvgIpc) is 2.66. The molecule has 3 aliphatic carbocycles. The molecule has 0 aliphatic heterocycles. The lowest BCUT2D eigenvalue weighted by Crippen LogP contribution is -2.29. The molecule has 1 nitrogen and oxygen atoms in total. The van der Waals surface area contributed by atoms with Gasteiger partial charge in [0.05, 0.1) is 6.04 Å². The van der Waals surface area contributed by atoms with Gasteiger partial charge in [-0.3, -0.25) is 4.99 Å². The summed E-state index contributed by atoms with van der Waals surface area (Å²) in [5.74, 6) is 4.13. The van der Waals surface area contributed by atoms with Crippen molar-refractivity contribution in [3.05, 3.63) is 0 Å². The van der Waals surface area contributed by atoms with E-state index in [2.05, 4.69) is 11.7 Å². The van der Waals surface area contributed by atoms with Crippen molar-refractivity contribution in [2.24, 2.45) is 28.7 Å². The third-order valence-corrected chi connectivity index (χ3v) is 4.22. The lowest BCUT2D eigenvalue weighted by atomic mass is 9.66. The highest BCUT2D eigenvalue weighted by molar-refractivity contribution is 5.28. The van der Waals surface area contributed by atoms with Crippen LogP contribution in [0.15, 0.2) is 4.99 Å². The van der Waals surface area contributed by atoms with Crippen molar-refractivity contribution in [2.75, 3.05) is 0 Å². The lowest BCUT2D eigenvalue weighted by Gasteiger charge is -2.39. The molecule has 4 atom stereocenters. The Kier molecular flexibility index (Phi) is 1.06. The number of nitrogens with zero attached hydrogens (tertiary/aromatic N) is 1. The molecule has 0 N–H and O–H groups in total. The molecule has 3 aliphatic rings. The van der Waals surface area contributed by atoms with E-state index in [-0.39, 0.29) is 0 Å². The Morgan fingerprint density at radius 2 is 1.55 bits per heavy atom. The summed E-state index contributed by atoms with van der Waals surface area (Å²) in [6.07, 6.45) is 5.99. The van der Waals surface area contributed by atoms with Crippen LogP contribution in [0.4, 0.5) is 0 Å². The first-order valence-electron chi connectivity index (χ1n) is 4.86. The van der Waals surface area contributed by atoms with Crippen LogP contribution in [0, 0.1) is 23.7 Å². The van der Waals surface area contributed by atoms with Crippen molar-refractivity contribution in [3.8, 4) is 0 Å². The van der Waals surface area contributed by atoms with Gasteiger partial charge in [-0.25, -0.2) is 0 Å². The third-order valence-electron chi connectivity index (χ3n) is 4.22. The van der Waals surface area contributed by atoms with Crippen molar-refractivity contribution in [1.29, 1.82) is 0 Å². The average molecular weight is 149 g/mol. The quantitative estimate of drug-likeness (QED) is 0.506. The van der Waals surface area contributed by atoms with E-state index >= 15 is 0 Å². The van der Waals surface area contributed by atoms with E-state index in [0.717, 1.165) is 23.7 Å². The van der Waals surface area contributed by atoms with Crippen molar-refractivity contribution in [3.63, 3.8) is 0 Å². The normalized spacial score (nSPS) is 58.7. The second-order valence-electron chi connectivity index (χ2n) is 4.57. The molecule has 0 aromatic heterocycles. The predicted molar refractivity (Wildman–Crippen MR) is 45.8 cm³/mol. The Balaban J connectivity index is 1.74. The number of hydrogen-bond acceptors (Lipinski definition) is 1. The Labute approximate surface area is 67.9 Å². The summed E-state index contributed by atoms with van der Waals surface area (Å²) in [7, 11) is 0. The first-order chi connectivity index (χ1) is 5.40. The van der Waals surface area contributed by atoms with Crippen molar-refractivity contribution < 1.29 is 0 Å². The van der Waals surface area contributed by atoms with Gasteiger partial charge in [-0.2, -0.15) is 0 Å². The molecule has 11 heavy (non-hydrogen) atoms. The molecular weight excluding hydrogens is 134 g/mol. The van der Waals surface area contributed by atoms with Gasteiger partial charge >= 0.3 is 0 Å². The predicted octanol–water partition coefficient (Wildman–Crippen LogP) is 2.12. The van der Waals surface area contributed by atoms with Crippen LogP contribution in [-0.2, 0) is 0 Å². The largest absolute Gasteiger partial charge is 0.297 e. The van der Waals surface area contributed by atoms with Crippen LogP contribution in [0.1, 0.15) is 25.7 Å². The molecular formula is C10H15N. The van der Waals surface area contributed by atoms with Crippen LogP contribution < -0.4 is 0 Å². The highest BCUT2D eigenvalue weighted by Gasteiger charge is 2.56. The summed E-state index contributed by atoms with van der Waals surface area (Å²) in [6, 6.07) is 0.681. The maximum atomic E-state index is 4.19. The fourth-order valence-electron chi connectivity index (χ4n) is 3.28. The standard InChI is InChI=1S/C10H15N/c1-11-10-8-4-6-2-3-7(6)5-9(8)10/h6-10H,1-5H2. The van der Waals surface area contributed by atoms with E-state index < -0.39 is 0 Å². The highest BCUT2D eigenvalue weighted by Crippen LogP contribution is 2.60. The van der Waals surface area contributed by atoms with E-state index in [9.17, 15) is 0 Å². The summed E-state index contributed by atoms with van der Waals surface area (Å²) >= 11 is 0. The molecule has 0 aromatic rings. The van der Waals surface area contributed by atoms with Crippen molar-refractivity contribution in [2.45, 2.75) is 31.7 Å². The summed E-state index contributed by atoms with van der Waals surface area (Å²) in [5.41, 5.74) is 0.